The molecule has 3 aliphatic heterocycles. The molecule has 4 rings (SSSR count). The van der Waals surface area contributed by atoms with Crippen molar-refractivity contribution < 1.29 is 23.9 Å². The molecular weight excluding hydrogens is 414 g/mol. The van der Waals surface area contributed by atoms with E-state index in [9.17, 15) is 19.2 Å². The van der Waals surface area contributed by atoms with Crippen LogP contribution in [0.2, 0.25) is 0 Å². The highest BCUT2D eigenvalue weighted by Crippen LogP contribution is 2.17. The van der Waals surface area contributed by atoms with E-state index in [0.29, 0.717) is 51.4 Å². The molecule has 10 nitrogen and oxygen atoms in total. The second kappa shape index (κ2) is 9.99. The zero-order chi connectivity index (χ0) is 22.5. The van der Waals surface area contributed by atoms with Crippen molar-refractivity contribution in [3.8, 4) is 0 Å². The molecule has 2 atom stereocenters. The van der Waals surface area contributed by atoms with Gasteiger partial charge >= 0.3 is 6.03 Å². The van der Waals surface area contributed by atoms with Gasteiger partial charge in [0.05, 0.1) is 19.8 Å². The lowest BCUT2D eigenvalue weighted by atomic mass is 10.0. The smallest absolute Gasteiger partial charge is 0.320 e. The van der Waals surface area contributed by atoms with Gasteiger partial charge in [-0.05, 0) is 25.0 Å². The number of nitrogens with one attached hydrogen (secondary N) is 2. The van der Waals surface area contributed by atoms with Gasteiger partial charge in [-0.1, -0.05) is 18.2 Å². The summed E-state index contributed by atoms with van der Waals surface area (Å²) in [4.78, 5) is 56.4. The first-order chi connectivity index (χ1) is 15.5. The number of morpholine rings is 1. The van der Waals surface area contributed by atoms with Gasteiger partial charge in [-0.2, -0.15) is 0 Å². The fraction of sp³-hybridized carbons (Fsp3) is 0.545. The Balaban J connectivity index is 1.51. The number of benzene rings is 1. The molecule has 0 bridgehead atoms. The number of ether oxygens (including phenoxy) is 1. The van der Waals surface area contributed by atoms with Gasteiger partial charge in [0.25, 0.3) is 5.91 Å². The predicted octanol–water partition coefficient (Wildman–Crippen LogP) is -0.340. The van der Waals surface area contributed by atoms with Crippen LogP contribution in [-0.4, -0.2) is 103 Å². The number of carbonyl (C=O) groups excluding carboxylic acids is 4. The Kier molecular flexibility index (Phi) is 6.89. The SMILES string of the molecule is O=C1NCCC[C@@H]1NC(=O)[C@@H]1CN(C(=O)N2CCOCC2)CCN1C(=O)c1ccccc1. The van der Waals surface area contributed by atoms with Gasteiger partial charge in [0.15, 0.2) is 0 Å². The van der Waals surface area contributed by atoms with Gasteiger partial charge in [-0.25, -0.2) is 4.79 Å². The lowest BCUT2D eigenvalue weighted by Gasteiger charge is -2.43. The van der Waals surface area contributed by atoms with Crippen molar-refractivity contribution in [1.29, 1.82) is 0 Å². The minimum Gasteiger partial charge on any atom is -0.378 e. The molecule has 0 unspecified atom stereocenters. The van der Waals surface area contributed by atoms with E-state index in [0.717, 1.165) is 6.42 Å². The summed E-state index contributed by atoms with van der Waals surface area (Å²) in [7, 11) is 0. The molecule has 3 heterocycles. The quantitative estimate of drug-likeness (QED) is 0.664. The largest absolute Gasteiger partial charge is 0.378 e. The highest BCUT2D eigenvalue weighted by molar-refractivity contribution is 5.99. The lowest BCUT2D eigenvalue weighted by Crippen LogP contribution is -2.65. The second-order valence-electron chi connectivity index (χ2n) is 8.20. The topological polar surface area (TPSA) is 111 Å². The van der Waals surface area contributed by atoms with Crippen LogP contribution in [0.3, 0.4) is 0 Å². The number of urea groups is 1. The van der Waals surface area contributed by atoms with Crippen molar-refractivity contribution in [2.24, 2.45) is 0 Å². The Morgan fingerprint density at radius 2 is 1.75 bits per heavy atom. The number of amides is 5. The molecule has 10 heteroatoms. The van der Waals surface area contributed by atoms with E-state index >= 15 is 0 Å². The van der Waals surface area contributed by atoms with Crippen molar-refractivity contribution >= 4 is 23.8 Å². The van der Waals surface area contributed by atoms with Crippen LogP contribution in [-0.2, 0) is 14.3 Å². The van der Waals surface area contributed by atoms with E-state index in [1.165, 1.54) is 4.90 Å². The predicted molar refractivity (Wildman–Crippen MR) is 115 cm³/mol. The molecule has 3 fully saturated rings. The molecule has 0 saturated carbocycles. The van der Waals surface area contributed by atoms with Crippen LogP contribution < -0.4 is 10.6 Å². The molecule has 1 aromatic carbocycles. The number of carbonyl (C=O) groups is 4. The number of nitrogens with zero attached hydrogens (tertiary/aromatic N) is 3. The van der Waals surface area contributed by atoms with Gasteiger partial charge in [0.2, 0.25) is 11.8 Å². The summed E-state index contributed by atoms with van der Waals surface area (Å²) in [6.45, 7) is 3.21. The molecule has 0 spiro atoms. The third-order valence-corrected chi connectivity index (χ3v) is 6.12. The maximum atomic E-state index is 13.2. The van der Waals surface area contributed by atoms with Gasteiger partial charge in [-0.15, -0.1) is 0 Å². The number of piperidine rings is 1. The zero-order valence-electron chi connectivity index (χ0n) is 18.0. The molecule has 172 valence electrons. The maximum Gasteiger partial charge on any atom is 0.320 e. The first kappa shape index (κ1) is 22.1. The van der Waals surface area contributed by atoms with Crippen LogP contribution in [0.15, 0.2) is 30.3 Å². The summed E-state index contributed by atoms with van der Waals surface area (Å²) in [5.41, 5.74) is 0.480. The van der Waals surface area contributed by atoms with Crippen LogP contribution in [0.5, 0.6) is 0 Å². The highest BCUT2D eigenvalue weighted by atomic mass is 16.5. The third-order valence-electron chi connectivity index (χ3n) is 6.12. The normalized spacial score (nSPS) is 24.0. The minimum atomic E-state index is -0.879. The summed E-state index contributed by atoms with van der Waals surface area (Å²) in [6, 6.07) is 7.11. The Hall–Kier alpha value is -3.14. The fourth-order valence-corrected chi connectivity index (χ4v) is 4.30. The Morgan fingerprint density at radius 3 is 2.47 bits per heavy atom. The van der Waals surface area contributed by atoms with Crippen LogP contribution in [0.25, 0.3) is 0 Å². The van der Waals surface area contributed by atoms with E-state index in [2.05, 4.69) is 10.6 Å². The molecule has 32 heavy (non-hydrogen) atoms. The van der Waals surface area contributed by atoms with Crippen molar-refractivity contribution in [3.63, 3.8) is 0 Å². The van der Waals surface area contributed by atoms with Gasteiger partial charge in [-0.3, -0.25) is 14.4 Å². The molecular formula is C22H29N5O5. The third kappa shape index (κ3) is 4.85. The second-order valence-corrected chi connectivity index (χ2v) is 8.20. The molecule has 3 saturated heterocycles. The van der Waals surface area contributed by atoms with E-state index in [4.69, 9.17) is 4.74 Å². The maximum absolute atomic E-state index is 13.2. The summed E-state index contributed by atoms with van der Waals surface area (Å²) in [5.74, 6) is -0.907. The average molecular weight is 444 g/mol. The number of hydrogen-bond donors (Lipinski definition) is 2. The van der Waals surface area contributed by atoms with Crippen molar-refractivity contribution in [2.45, 2.75) is 24.9 Å². The summed E-state index contributed by atoms with van der Waals surface area (Å²) < 4.78 is 5.32. The molecule has 2 N–H and O–H groups in total. The van der Waals surface area contributed by atoms with Crippen LogP contribution >= 0.6 is 0 Å². The van der Waals surface area contributed by atoms with Crippen LogP contribution in [0.4, 0.5) is 4.79 Å². The Labute approximate surface area is 186 Å². The van der Waals surface area contributed by atoms with Crippen molar-refractivity contribution in [2.75, 3.05) is 52.5 Å². The highest BCUT2D eigenvalue weighted by Gasteiger charge is 2.40. The molecule has 0 aliphatic carbocycles. The van der Waals surface area contributed by atoms with E-state index in [-0.39, 0.29) is 30.9 Å². The molecule has 0 radical (unpaired) electrons. The van der Waals surface area contributed by atoms with Gasteiger partial charge < -0.3 is 30.1 Å². The van der Waals surface area contributed by atoms with E-state index < -0.39 is 18.0 Å². The van der Waals surface area contributed by atoms with Gasteiger partial charge in [0.1, 0.15) is 12.1 Å². The van der Waals surface area contributed by atoms with Crippen molar-refractivity contribution in [1.82, 2.24) is 25.3 Å². The Morgan fingerprint density at radius 1 is 1.00 bits per heavy atom. The number of hydrogen-bond acceptors (Lipinski definition) is 5. The minimum absolute atomic E-state index is 0.0783. The van der Waals surface area contributed by atoms with Crippen LogP contribution in [0.1, 0.15) is 23.2 Å². The summed E-state index contributed by atoms with van der Waals surface area (Å²) in [6.07, 6.45) is 1.32. The first-order valence-corrected chi connectivity index (χ1v) is 11.1. The Bertz CT molecular complexity index is 858. The van der Waals surface area contributed by atoms with Gasteiger partial charge in [0, 0.05) is 38.3 Å². The zero-order valence-corrected chi connectivity index (χ0v) is 18.0. The summed E-state index contributed by atoms with van der Waals surface area (Å²) >= 11 is 0. The van der Waals surface area contributed by atoms with E-state index in [1.807, 2.05) is 6.07 Å². The van der Waals surface area contributed by atoms with Crippen molar-refractivity contribution in [3.05, 3.63) is 35.9 Å². The monoisotopic (exact) mass is 443 g/mol. The lowest BCUT2D eigenvalue weighted by molar-refractivity contribution is -0.133. The van der Waals surface area contributed by atoms with E-state index in [1.54, 1.807) is 34.1 Å². The molecule has 1 aromatic rings. The number of piperazine rings is 1. The van der Waals surface area contributed by atoms with Crippen LogP contribution in [0, 0.1) is 0 Å². The molecule has 0 aromatic heterocycles. The number of rotatable bonds is 3. The average Bonchev–Trinajstić information content (AvgIpc) is 2.85. The fourth-order valence-electron chi connectivity index (χ4n) is 4.30. The first-order valence-electron chi connectivity index (χ1n) is 11.1. The molecule has 3 aliphatic rings. The molecule has 5 amide bonds. The standard InChI is InChI=1S/C22H29N5O5/c28-19-17(7-4-8-23-19)24-20(29)18-15-26(22(31)25-11-13-32-14-12-25)9-10-27(18)21(30)16-5-2-1-3-6-16/h1-3,5-6,17-18H,4,7-15H2,(H,23,28)(H,24,29)/t17-,18-/m0/s1. The summed E-state index contributed by atoms with van der Waals surface area (Å²) in [5, 5.41) is 5.55.